The number of benzene rings is 1. The zero-order valence-electron chi connectivity index (χ0n) is 11.1. The van der Waals surface area contributed by atoms with Gasteiger partial charge in [0.25, 0.3) is 5.91 Å². The molecule has 0 saturated carbocycles. The molecule has 1 aliphatic heterocycles. The lowest BCUT2D eigenvalue weighted by molar-refractivity contribution is -0.141. The van der Waals surface area contributed by atoms with Gasteiger partial charge in [-0.2, -0.15) is 8.42 Å². The van der Waals surface area contributed by atoms with Gasteiger partial charge in [0.2, 0.25) is 0 Å². The lowest BCUT2D eigenvalue weighted by Gasteiger charge is -2.41. The van der Waals surface area contributed by atoms with Gasteiger partial charge in [-0.05, 0) is 12.5 Å². The van der Waals surface area contributed by atoms with Gasteiger partial charge in [0.15, 0.2) is 0 Å². The van der Waals surface area contributed by atoms with E-state index in [4.69, 9.17) is 9.29 Å². The first-order valence-electron chi connectivity index (χ1n) is 6.08. The maximum atomic E-state index is 11.6. The van der Waals surface area contributed by atoms with E-state index in [9.17, 15) is 18.0 Å². The Morgan fingerprint density at radius 1 is 1.38 bits per heavy atom. The summed E-state index contributed by atoms with van der Waals surface area (Å²) < 4.78 is 35.8. The van der Waals surface area contributed by atoms with Crippen LogP contribution in [0.1, 0.15) is 12.5 Å². The van der Waals surface area contributed by atoms with Crippen LogP contribution < -0.4 is 5.32 Å². The average molecular weight is 314 g/mol. The molecule has 0 spiro atoms. The van der Waals surface area contributed by atoms with E-state index < -0.39 is 34.4 Å². The minimum absolute atomic E-state index is 0.0317. The summed E-state index contributed by atoms with van der Waals surface area (Å²) in [6.45, 7) is 1.42. The van der Waals surface area contributed by atoms with Gasteiger partial charge in [0.05, 0.1) is 6.04 Å². The molecule has 0 bridgehead atoms. The topological polar surface area (TPSA) is 113 Å². The van der Waals surface area contributed by atoms with E-state index in [1.54, 1.807) is 24.3 Å². The fraction of sp³-hybridized carbons (Fsp3) is 0.333. The maximum Gasteiger partial charge on any atom is 0.408 e. The van der Waals surface area contributed by atoms with Crippen molar-refractivity contribution in [2.24, 2.45) is 0 Å². The molecule has 21 heavy (non-hydrogen) atoms. The van der Waals surface area contributed by atoms with E-state index in [1.165, 1.54) is 6.92 Å². The number of nitrogens with zero attached hydrogens (tertiary/aromatic N) is 1. The second kappa shape index (κ2) is 5.70. The van der Waals surface area contributed by atoms with E-state index in [1.807, 2.05) is 6.07 Å². The summed E-state index contributed by atoms with van der Waals surface area (Å²) in [5, 5.41) is 2.26. The number of carbonyl (C=O) groups is 2. The summed E-state index contributed by atoms with van der Waals surface area (Å²) >= 11 is 0. The molecule has 0 unspecified atom stereocenters. The molecular weight excluding hydrogens is 300 g/mol. The van der Waals surface area contributed by atoms with Gasteiger partial charge in [-0.25, -0.2) is 9.10 Å². The Morgan fingerprint density at radius 3 is 2.52 bits per heavy atom. The smallest absolute Gasteiger partial charge is 0.408 e. The third-order valence-corrected chi connectivity index (χ3v) is 4.08. The first-order chi connectivity index (χ1) is 9.80. The number of alkyl carbamates (subject to hydrolysis) is 1. The van der Waals surface area contributed by atoms with Crippen molar-refractivity contribution in [1.29, 1.82) is 0 Å². The van der Waals surface area contributed by atoms with Gasteiger partial charge in [0, 0.05) is 0 Å². The fourth-order valence-corrected chi connectivity index (χ4v) is 2.88. The van der Waals surface area contributed by atoms with Crippen LogP contribution in [0.4, 0.5) is 4.79 Å². The minimum Gasteiger partial charge on any atom is -0.445 e. The lowest BCUT2D eigenvalue weighted by atomic mass is 10.0. The molecule has 1 fully saturated rings. The molecule has 8 nitrogen and oxygen atoms in total. The van der Waals surface area contributed by atoms with Gasteiger partial charge in [-0.15, -0.1) is 0 Å². The highest BCUT2D eigenvalue weighted by Crippen LogP contribution is 2.22. The molecule has 1 heterocycles. The lowest BCUT2D eigenvalue weighted by Crippen LogP contribution is -2.70. The average Bonchev–Trinajstić information content (AvgIpc) is 2.42. The number of hydrogen-bond donors (Lipinski definition) is 2. The van der Waals surface area contributed by atoms with Crippen LogP contribution in [-0.4, -0.2) is 41.4 Å². The third kappa shape index (κ3) is 3.31. The summed E-state index contributed by atoms with van der Waals surface area (Å²) in [4.78, 5) is 23.1. The van der Waals surface area contributed by atoms with E-state index in [2.05, 4.69) is 5.32 Å². The van der Waals surface area contributed by atoms with E-state index in [0.717, 1.165) is 5.56 Å². The standard InChI is InChI=1S/C12H14N2O6S/c1-8-10(11(15)14(8)21(17,18)19)13-12(16)20-7-9-5-3-2-4-6-9/h2-6,8,10H,7H2,1H3,(H,13,16)(H,17,18,19)/t8-,10-/m1/s1. The molecule has 0 aliphatic carbocycles. The Morgan fingerprint density at radius 2 is 2.00 bits per heavy atom. The van der Waals surface area contributed by atoms with Crippen molar-refractivity contribution in [2.45, 2.75) is 25.6 Å². The largest absolute Gasteiger partial charge is 0.445 e. The number of nitrogens with one attached hydrogen (secondary N) is 1. The number of carbonyl (C=O) groups excluding carboxylic acids is 2. The van der Waals surface area contributed by atoms with Crippen molar-refractivity contribution in [1.82, 2.24) is 9.62 Å². The molecule has 1 aromatic carbocycles. The van der Waals surface area contributed by atoms with E-state index in [0.29, 0.717) is 4.31 Å². The predicted molar refractivity (Wildman–Crippen MR) is 71.4 cm³/mol. The van der Waals surface area contributed by atoms with Crippen molar-refractivity contribution in [2.75, 3.05) is 0 Å². The first kappa shape index (κ1) is 15.3. The molecule has 1 aliphatic rings. The van der Waals surface area contributed by atoms with Gasteiger partial charge in [0.1, 0.15) is 12.6 Å². The number of rotatable bonds is 4. The summed E-state index contributed by atoms with van der Waals surface area (Å²) in [5.41, 5.74) is 0.778. The number of ether oxygens (including phenoxy) is 1. The zero-order valence-corrected chi connectivity index (χ0v) is 11.9. The van der Waals surface area contributed by atoms with Crippen molar-refractivity contribution >= 4 is 22.3 Å². The van der Waals surface area contributed by atoms with Crippen molar-refractivity contribution < 1.29 is 27.3 Å². The number of hydrogen-bond acceptors (Lipinski definition) is 5. The monoisotopic (exact) mass is 314 g/mol. The molecule has 2 rings (SSSR count). The maximum absolute atomic E-state index is 11.6. The van der Waals surface area contributed by atoms with Crippen LogP contribution in [-0.2, 0) is 26.4 Å². The summed E-state index contributed by atoms with van der Waals surface area (Å²) in [5.74, 6) is -0.901. The summed E-state index contributed by atoms with van der Waals surface area (Å²) in [6, 6.07) is 7.04. The molecule has 0 radical (unpaired) electrons. The molecule has 114 valence electrons. The number of amides is 2. The Kier molecular flexibility index (Phi) is 4.14. The van der Waals surface area contributed by atoms with Gasteiger partial charge in [-0.3, -0.25) is 9.35 Å². The quantitative estimate of drug-likeness (QED) is 0.611. The molecule has 2 N–H and O–H groups in total. The summed E-state index contributed by atoms with van der Waals surface area (Å²) in [7, 11) is -4.60. The normalized spacial score (nSPS) is 21.6. The van der Waals surface area contributed by atoms with Crippen LogP contribution in [0.2, 0.25) is 0 Å². The molecule has 2 atom stereocenters. The van der Waals surface area contributed by atoms with Crippen LogP contribution in [0, 0.1) is 0 Å². The van der Waals surface area contributed by atoms with Crippen molar-refractivity contribution in [3.05, 3.63) is 35.9 Å². The third-order valence-electron chi connectivity index (χ3n) is 3.07. The zero-order chi connectivity index (χ0) is 15.6. The summed E-state index contributed by atoms with van der Waals surface area (Å²) in [6.07, 6.45) is -0.834. The molecule has 0 aromatic heterocycles. The minimum atomic E-state index is -4.60. The predicted octanol–water partition coefficient (Wildman–Crippen LogP) is 0.315. The van der Waals surface area contributed by atoms with Crippen molar-refractivity contribution in [3.63, 3.8) is 0 Å². The Bertz CT molecular complexity index is 645. The van der Waals surface area contributed by atoms with E-state index >= 15 is 0 Å². The van der Waals surface area contributed by atoms with Crippen LogP contribution in [0.25, 0.3) is 0 Å². The van der Waals surface area contributed by atoms with Crippen LogP contribution in [0.3, 0.4) is 0 Å². The van der Waals surface area contributed by atoms with Crippen LogP contribution in [0.5, 0.6) is 0 Å². The molecule has 2 amide bonds. The van der Waals surface area contributed by atoms with Crippen molar-refractivity contribution in [3.8, 4) is 0 Å². The molecule has 1 aromatic rings. The van der Waals surface area contributed by atoms with Gasteiger partial charge < -0.3 is 10.1 Å². The van der Waals surface area contributed by atoms with E-state index in [-0.39, 0.29) is 6.61 Å². The Labute approximate surface area is 121 Å². The molecule has 1 saturated heterocycles. The Balaban J connectivity index is 1.86. The highest BCUT2D eigenvalue weighted by atomic mass is 32.2. The van der Waals surface area contributed by atoms with Gasteiger partial charge in [-0.1, -0.05) is 30.3 Å². The van der Waals surface area contributed by atoms with Gasteiger partial charge >= 0.3 is 16.4 Å². The molecular formula is C12H14N2O6S. The number of β-lactam (4-membered cyclic amide) rings is 1. The first-order valence-corrected chi connectivity index (χ1v) is 7.48. The second-order valence-corrected chi connectivity index (χ2v) is 5.83. The second-order valence-electron chi connectivity index (χ2n) is 4.54. The highest BCUT2D eigenvalue weighted by Gasteiger charge is 2.51. The SMILES string of the molecule is C[C@@H]1[C@@H](NC(=O)OCc2ccccc2)C(=O)N1S(=O)(=O)O. The highest BCUT2D eigenvalue weighted by molar-refractivity contribution is 7.84. The van der Waals surface area contributed by atoms with Crippen LogP contribution >= 0.6 is 0 Å². The van der Waals surface area contributed by atoms with Crippen LogP contribution in [0.15, 0.2) is 30.3 Å². The fourth-order valence-electron chi connectivity index (χ4n) is 2.00. The Hall–Kier alpha value is -2.13. The molecule has 9 heteroatoms.